The third kappa shape index (κ3) is 5.54. The lowest BCUT2D eigenvalue weighted by atomic mass is 9.88. The molecule has 0 spiro atoms. The van der Waals surface area contributed by atoms with E-state index < -0.39 is 0 Å². The highest BCUT2D eigenvalue weighted by atomic mass is 19.1. The minimum atomic E-state index is -0.378. The molecule has 0 saturated carbocycles. The molecule has 2 saturated heterocycles. The summed E-state index contributed by atoms with van der Waals surface area (Å²) in [6, 6.07) is 14.3. The number of likely N-dealkylation sites (tertiary alicyclic amines) is 1. The van der Waals surface area contributed by atoms with Crippen LogP contribution in [-0.2, 0) is 0 Å². The van der Waals surface area contributed by atoms with Crippen LogP contribution in [-0.4, -0.2) is 61.1 Å². The number of carbonyl (C=O) groups excluding carboxylic acids is 1. The Bertz CT molecular complexity index is 959. The van der Waals surface area contributed by atoms with Crippen LogP contribution in [0.4, 0.5) is 20.6 Å². The van der Waals surface area contributed by atoms with Crippen molar-refractivity contribution in [3.05, 3.63) is 59.4 Å². The van der Waals surface area contributed by atoms with Gasteiger partial charge >= 0.3 is 6.03 Å². The monoisotopic (exact) mass is 466 g/mol. The molecular formula is C28H39FN4O. The molecule has 2 aliphatic heterocycles. The lowest BCUT2D eigenvalue weighted by Gasteiger charge is -2.39. The van der Waals surface area contributed by atoms with Gasteiger partial charge in [0.2, 0.25) is 0 Å². The van der Waals surface area contributed by atoms with Crippen LogP contribution >= 0.6 is 0 Å². The molecule has 0 unspecified atom stereocenters. The lowest BCUT2D eigenvalue weighted by molar-refractivity contribution is 0.194. The van der Waals surface area contributed by atoms with Gasteiger partial charge in [0.05, 0.1) is 5.69 Å². The van der Waals surface area contributed by atoms with E-state index >= 15 is 0 Å². The number of nitrogens with one attached hydrogen (secondary N) is 1. The second kappa shape index (κ2) is 10.8. The van der Waals surface area contributed by atoms with Gasteiger partial charge in [0.25, 0.3) is 0 Å². The van der Waals surface area contributed by atoms with Crippen molar-refractivity contribution in [3.63, 3.8) is 0 Å². The van der Waals surface area contributed by atoms with Crippen LogP contribution in [0.15, 0.2) is 42.5 Å². The molecule has 2 aromatic rings. The summed E-state index contributed by atoms with van der Waals surface area (Å²) in [4.78, 5) is 19.5. The number of rotatable bonds is 5. The summed E-state index contributed by atoms with van der Waals surface area (Å²) in [5.74, 6) is 0.616. The molecule has 0 radical (unpaired) electrons. The molecule has 2 fully saturated rings. The van der Waals surface area contributed by atoms with E-state index in [1.807, 2.05) is 11.0 Å². The molecule has 34 heavy (non-hydrogen) atoms. The van der Waals surface area contributed by atoms with Gasteiger partial charge in [-0.3, -0.25) is 4.90 Å². The highest BCUT2D eigenvalue weighted by Gasteiger charge is 2.27. The number of piperidine rings is 1. The number of amides is 2. The summed E-state index contributed by atoms with van der Waals surface area (Å²) < 4.78 is 14.8. The molecule has 0 bridgehead atoms. The van der Waals surface area contributed by atoms with Gasteiger partial charge in [0, 0.05) is 45.3 Å². The fourth-order valence-electron chi connectivity index (χ4n) is 5.13. The first kappa shape index (κ1) is 24.5. The summed E-state index contributed by atoms with van der Waals surface area (Å²) >= 11 is 0. The zero-order valence-corrected chi connectivity index (χ0v) is 21.1. The predicted molar refractivity (Wildman–Crippen MR) is 138 cm³/mol. The molecule has 5 nitrogen and oxygen atoms in total. The van der Waals surface area contributed by atoms with E-state index in [0.29, 0.717) is 36.7 Å². The van der Waals surface area contributed by atoms with Crippen LogP contribution in [0.3, 0.4) is 0 Å². The first-order valence-corrected chi connectivity index (χ1v) is 12.8. The Morgan fingerprint density at radius 3 is 2.15 bits per heavy atom. The molecular weight excluding hydrogens is 427 g/mol. The maximum absolute atomic E-state index is 14.8. The maximum Gasteiger partial charge on any atom is 0.321 e. The molecule has 2 aromatic carbocycles. The van der Waals surface area contributed by atoms with Crippen molar-refractivity contribution in [1.82, 2.24) is 9.80 Å². The summed E-state index contributed by atoms with van der Waals surface area (Å²) in [5.41, 5.74) is 3.78. The van der Waals surface area contributed by atoms with E-state index in [1.54, 1.807) is 6.07 Å². The van der Waals surface area contributed by atoms with Crippen molar-refractivity contribution in [2.24, 2.45) is 0 Å². The number of halogens is 1. The molecule has 2 aliphatic rings. The van der Waals surface area contributed by atoms with Crippen LogP contribution in [0.5, 0.6) is 0 Å². The average molecular weight is 467 g/mol. The Labute approximate surface area is 203 Å². The number of hydrogen-bond donors (Lipinski definition) is 1. The summed E-state index contributed by atoms with van der Waals surface area (Å²) in [7, 11) is 0. The highest BCUT2D eigenvalue weighted by molar-refractivity contribution is 5.93. The fraction of sp³-hybridized carbons (Fsp3) is 0.536. The van der Waals surface area contributed by atoms with E-state index in [4.69, 9.17) is 0 Å². The van der Waals surface area contributed by atoms with E-state index in [-0.39, 0.29) is 11.8 Å². The van der Waals surface area contributed by atoms with Crippen molar-refractivity contribution in [3.8, 4) is 0 Å². The van der Waals surface area contributed by atoms with E-state index in [1.165, 1.54) is 17.2 Å². The number of para-hydroxylation sites is 1. The number of urea groups is 1. The van der Waals surface area contributed by atoms with Crippen molar-refractivity contribution < 1.29 is 9.18 Å². The van der Waals surface area contributed by atoms with Crippen LogP contribution in [0.25, 0.3) is 0 Å². The smallest absolute Gasteiger partial charge is 0.321 e. The Kier molecular flexibility index (Phi) is 7.77. The van der Waals surface area contributed by atoms with Gasteiger partial charge < -0.3 is 15.1 Å². The van der Waals surface area contributed by atoms with Crippen LogP contribution in [0.2, 0.25) is 0 Å². The van der Waals surface area contributed by atoms with Crippen molar-refractivity contribution in [2.45, 2.75) is 58.4 Å². The standard InChI is InChI=1S/C28H39FN4O/c1-20(2)22-8-10-23(11-9-22)24-12-14-33(15-13-24)28(34)30-27-25(29)6-5-7-26(27)32-18-16-31(17-19-32)21(3)4/h5-11,20-21,24H,12-19H2,1-4H3,(H,30,34). The number of hydrogen-bond acceptors (Lipinski definition) is 3. The molecule has 0 aromatic heterocycles. The number of carbonyl (C=O) groups is 1. The number of nitrogens with zero attached hydrogens (tertiary/aromatic N) is 3. The van der Waals surface area contributed by atoms with Crippen molar-refractivity contribution in [2.75, 3.05) is 49.5 Å². The van der Waals surface area contributed by atoms with E-state index in [0.717, 1.165) is 44.7 Å². The van der Waals surface area contributed by atoms with Gasteiger partial charge in [-0.25, -0.2) is 9.18 Å². The maximum atomic E-state index is 14.8. The number of piperazine rings is 1. The topological polar surface area (TPSA) is 38.8 Å². The van der Waals surface area contributed by atoms with Crippen LogP contribution < -0.4 is 10.2 Å². The van der Waals surface area contributed by atoms with Gasteiger partial charge in [-0.1, -0.05) is 44.2 Å². The summed E-state index contributed by atoms with van der Waals surface area (Å²) in [5, 5.41) is 2.91. The van der Waals surface area contributed by atoms with Crippen LogP contribution in [0, 0.1) is 5.82 Å². The third-order valence-electron chi connectivity index (χ3n) is 7.47. The molecule has 1 N–H and O–H groups in total. The number of anilines is 2. The molecule has 6 heteroatoms. The minimum Gasteiger partial charge on any atom is -0.367 e. The molecule has 0 atom stereocenters. The van der Waals surface area contributed by atoms with Crippen molar-refractivity contribution >= 4 is 17.4 Å². The second-order valence-corrected chi connectivity index (χ2v) is 10.3. The Morgan fingerprint density at radius 2 is 1.56 bits per heavy atom. The summed E-state index contributed by atoms with van der Waals surface area (Å²) in [6.45, 7) is 13.7. The average Bonchev–Trinajstić information content (AvgIpc) is 2.85. The zero-order chi connectivity index (χ0) is 24.2. The SMILES string of the molecule is CC(C)c1ccc(C2CCN(C(=O)Nc3c(F)cccc3N3CCN(C(C)C)CC3)CC2)cc1. The third-order valence-corrected chi connectivity index (χ3v) is 7.47. The van der Waals surface area contributed by atoms with Gasteiger partial charge in [0.15, 0.2) is 0 Å². The molecule has 2 amide bonds. The Morgan fingerprint density at radius 1 is 0.912 bits per heavy atom. The Hall–Kier alpha value is -2.60. The number of benzene rings is 2. The Balaban J connectivity index is 1.37. The molecule has 0 aliphatic carbocycles. The summed E-state index contributed by atoms with van der Waals surface area (Å²) in [6.07, 6.45) is 1.85. The zero-order valence-electron chi connectivity index (χ0n) is 21.1. The predicted octanol–water partition coefficient (Wildman–Crippen LogP) is 5.89. The van der Waals surface area contributed by atoms with Crippen LogP contribution in [0.1, 0.15) is 63.5 Å². The van der Waals surface area contributed by atoms with Gasteiger partial charge in [-0.2, -0.15) is 0 Å². The first-order chi connectivity index (χ1) is 16.3. The first-order valence-electron chi connectivity index (χ1n) is 12.8. The lowest BCUT2D eigenvalue weighted by Crippen LogP contribution is -2.49. The van der Waals surface area contributed by atoms with Crippen molar-refractivity contribution in [1.29, 1.82) is 0 Å². The quantitative estimate of drug-likeness (QED) is 0.597. The molecule has 2 heterocycles. The fourth-order valence-corrected chi connectivity index (χ4v) is 5.13. The molecule has 184 valence electrons. The van der Waals surface area contributed by atoms with E-state index in [9.17, 15) is 9.18 Å². The molecule has 4 rings (SSSR count). The highest BCUT2D eigenvalue weighted by Crippen LogP contribution is 2.32. The minimum absolute atomic E-state index is 0.208. The van der Waals surface area contributed by atoms with Gasteiger partial charge in [-0.05, 0) is 61.8 Å². The largest absolute Gasteiger partial charge is 0.367 e. The second-order valence-electron chi connectivity index (χ2n) is 10.3. The van der Waals surface area contributed by atoms with Gasteiger partial charge in [-0.15, -0.1) is 0 Å². The van der Waals surface area contributed by atoms with Gasteiger partial charge in [0.1, 0.15) is 11.5 Å². The van der Waals surface area contributed by atoms with E-state index in [2.05, 4.69) is 67.1 Å². The normalized spacial score (nSPS) is 18.1.